The van der Waals surface area contributed by atoms with Crippen molar-refractivity contribution in [2.75, 3.05) is 18.1 Å². The molecule has 0 amide bonds. The monoisotopic (exact) mass is 286 g/mol. The van der Waals surface area contributed by atoms with E-state index in [1.54, 1.807) is 24.0 Å². The van der Waals surface area contributed by atoms with Crippen molar-refractivity contribution >= 4 is 5.95 Å². The molecule has 6 heteroatoms. The average molecular weight is 286 g/mol. The quantitative estimate of drug-likeness (QED) is 0.904. The highest BCUT2D eigenvalue weighted by Crippen LogP contribution is 2.24. The third-order valence-electron chi connectivity index (χ3n) is 3.93. The van der Waals surface area contributed by atoms with Gasteiger partial charge in [0.1, 0.15) is 0 Å². The van der Waals surface area contributed by atoms with Crippen molar-refractivity contribution in [3.63, 3.8) is 0 Å². The van der Waals surface area contributed by atoms with Gasteiger partial charge in [0.25, 0.3) is 5.56 Å². The fourth-order valence-electron chi connectivity index (χ4n) is 2.74. The molecule has 1 saturated heterocycles. The van der Waals surface area contributed by atoms with Crippen molar-refractivity contribution in [1.29, 1.82) is 0 Å². The van der Waals surface area contributed by atoms with Gasteiger partial charge in [0, 0.05) is 37.6 Å². The molecule has 3 rings (SSSR count). The third kappa shape index (κ3) is 2.54. The molecule has 0 saturated carbocycles. The molecule has 1 aliphatic heterocycles. The molecule has 0 bridgehead atoms. The summed E-state index contributed by atoms with van der Waals surface area (Å²) >= 11 is 0. The zero-order chi connectivity index (χ0) is 14.8. The summed E-state index contributed by atoms with van der Waals surface area (Å²) in [5.41, 5.74) is 1.40. The van der Waals surface area contributed by atoms with Gasteiger partial charge in [-0.1, -0.05) is 0 Å². The first-order valence-electron chi connectivity index (χ1n) is 7.06. The predicted molar refractivity (Wildman–Crippen MR) is 80.2 cm³/mol. The largest absolute Gasteiger partial charge is 0.394 e. The number of hydrogen-bond donors (Lipinski definition) is 1. The number of aliphatic hydroxyl groups excluding tert-OH is 1. The normalized spacial score (nSPS) is 18.2. The van der Waals surface area contributed by atoms with Crippen LogP contribution in [0.15, 0.2) is 35.4 Å². The lowest BCUT2D eigenvalue weighted by Gasteiger charge is -2.26. The van der Waals surface area contributed by atoms with E-state index in [2.05, 4.69) is 9.97 Å². The van der Waals surface area contributed by atoms with Crippen LogP contribution >= 0.6 is 0 Å². The van der Waals surface area contributed by atoms with Crippen molar-refractivity contribution in [3.05, 3.63) is 40.9 Å². The number of nitrogens with zero attached hydrogens (tertiary/aromatic N) is 4. The lowest BCUT2D eigenvalue weighted by Crippen LogP contribution is -2.37. The molecule has 1 aliphatic rings. The van der Waals surface area contributed by atoms with E-state index in [1.165, 1.54) is 6.07 Å². The number of anilines is 1. The highest BCUT2D eigenvalue weighted by Gasteiger charge is 2.27. The second-order valence-corrected chi connectivity index (χ2v) is 5.25. The van der Waals surface area contributed by atoms with E-state index < -0.39 is 0 Å². The lowest BCUT2D eigenvalue weighted by atomic mass is 10.2. The molecule has 0 spiro atoms. The van der Waals surface area contributed by atoms with Gasteiger partial charge in [0.05, 0.1) is 18.3 Å². The first-order valence-corrected chi connectivity index (χ1v) is 7.06. The van der Waals surface area contributed by atoms with Crippen molar-refractivity contribution < 1.29 is 5.11 Å². The third-order valence-corrected chi connectivity index (χ3v) is 3.93. The summed E-state index contributed by atoms with van der Waals surface area (Å²) in [6, 6.07) is 5.23. The van der Waals surface area contributed by atoms with Gasteiger partial charge in [-0.25, -0.2) is 4.98 Å². The highest BCUT2D eigenvalue weighted by molar-refractivity contribution is 5.59. The van der Waals surface area contributed by atoms with Gasteiger partial charge in [-0.15, -0.1) is 0 Å². The van der Waals surface area contributed by atoms with Crippen LogP contribution in [0.25, 0.3) is 11.3 Å². The molecule has 1 N–H and O–H groups in total. The minimum atomic E-state index is -0.101. The van der Waals surface area contributed by atoms with Crippen LogP contribution in [0.3, 0.4) is 0 Å². The van der Waals surface area contributed by atoms with E-state index >= 15 is 0 Å². The molecule has 0 radical (unpaired) electrons. The Hall–Kier alpha value is -2.21. The van der Waals surface area contributed by atoms with Gasteiger partial charge < -0.3 is 10.0 Å². The molecule has 110 valence electrons. The van der Waals surface area contributed by atoms with E-state index in [0.717, 1.165) is 24.9 Å². The zero-order valence-corrected chi connectivity index (χ0v) is 11.9. The van der Waals surface area contributed by atoms with Gasteiger partial charge in [-0.2, -0.15) is 0 Å². The van der Waals surface area contributed by atoms with Crippen LogP contribution in [0.2, 0.25) is 0 Å². The van der Waals surface area contributed by atoms with Crippen molar-refractivity contribution in [2.45, 2.75) is 18.9 Å². The van der Waals surface area contributed by atoms with Crippen LogP contribution in [0.1, 0.15) is 12.8 Å². The second kappa shape index (κ2) is 5.65. The molecule has 3 heterocycles. The maximum Gasteiger partial charge on any atom is 0.255 e. The Morgan fingerprint density at radius 3 is 2.86 bits per heavy atom. The Kier molecular flexibility index (Phi) is 3.70. The first-order chi connectivity index (χ1) is 10.2. The summed E-state index contributed by atoms with van der Waals surface area (Å²) in [6.45, 7) is 0.890. The van der Waals surface area contributed by atoms with Crippen LogP contribution in [-0.4, -0.2) is 38.8 Å². The number of hydrogen-bond acceptors (Lipinski definition) is 5. The second-order valence-electron chi connectivity index (χ2n) is 5.25. The van der Waals surface area contributed by atoms with Crippen LogP contribution in [-0.2, 0) is 7.05 Å². The Balaban J connectivity index is 2.09. The molecule has 1 atom stereocenters. The minimum absolute atomic E-state index is 0.0378. The standard InChI is InChI=1S/C15H18N4O2/c1-18-14(21)9-13(11-4-6-16-7-5-11)17-15(18)19-8-2-3-12(19)10-20/h4-7,9,12,20H,2-3,8,10H2,1H3/t12-/m0/s1. The Bertz CT molecular complexity index is 684. The molecule has 0 aromatic carbocycles. The summed E-state index contributed by atoms with van der Waals surface area (Å²) in [7, 11) is 1.72. The van der Waals surface area contributed by atoms with E-state index in [1.807, 2.05) is 17.0 Å². The molecule has 2 aromatic heterocycles. The average Bonchev–Trinajstić information content (AvgIpc) is 2.99. The van der Waals surface area contributed by atoms with Crippen LogP contribution in [0, 0.1) is 0 Å². The summed E-state index contributed by atoms with van der Waals surface area (Å²) < 4.78 is 1.54. The van der Waals surface area contributed by atoms with Crippen LogP contribution in [0.4, 0.5) is 5.95 Å². The molecule has 6 nitrogen and oxygen atoms in total. The minimum Gasteiger partial charge on any atom is -0.394 e. The Morgan fingerprint density at radius 2 is 2.14 bits per heavy atom. The molecule has 0 aliphatic carbocycles. The van der Waals surface area contributed by atoms with Gasteiger partial charge in [0.15, 0.2) is 0 Å². The topological polar surface area (TPSA) is 71.2 Å². The maximum atomic E-state index is 12.2. The maximum absolute atomic E-state index is 12.2. The van der Waals surface area contributed by atoms with E-state index in [9.17, 15) is 9.90 Å². The van der Waals surface area contributed by atoms with Gasteiger partial charge >= 0.3 is 0 Å². The van der Waals surface area contributed by atoms with Crippen LogP contribution < -0.4 is 10.5 Å². The van der Waals surface area contributed by atoms with Crippen molar-refractivity contribution in [3.8, 4) is 11.3 Å². The highest BCUT2D eigenvalue weighted by atomic mass is 16.3. The molecule has 2 aromatic rings. The SMILES string of the molecule is Cn1c(N2CCC[C@H]2CO)nc(-c2ccncc2)cc1=O. The number of pyridine rings is 1. The summed E-state index contributed by atoms with van der Waals surface area (Å²) in [4.78, 5) is 22.8. The van der Waals surface area contributed by atoms with Gasteiger partial charge in [0.2, 0.25) is 5.95 Å². The van der Waals surface area contributed by atoms with E-state index in [0.29, 0.717) is 11.6 Å². The van der Waals surface area contributed by atoms with Gasteiger partial charge in [-0.05, 0) is 25.0 Å². The van der Waals surface area contributed by atoms with Crippen LogP contribution in [0.5, 0.6) is 0 Å². The Labute approximate surface area is 122 Å². The zero-order valence-electron chi connectivity index (χ0n) is 11.9. The molecule has 21 heavy (non-hydrogen) atoms. The molecule has 1 fully saturated rings. The van der Waals surface area contributed by atoms with Crippen molar-refractivity contribution in [2.24, 2.45) is 7.05 Å². The fourth-order valence-corrected chi connectivity index (χ4v) is 2.74. The van der Waals surface area contributed by atoms with E-state index in [-0.39, 0.29) is 18.2 Å². The predicted octanol–water partition coefficient (Wildman–Crippen LogP) is 0.803. The number of aliphatic hydroxyl groups is 1. The summed E-state index contributed by atoms with van der Waals surface area (Å²) in [5.74, 6) is 0.617. The first kappa shape index (κ1) is 13.8. The molecule has 0 unspecified atom stereocenters. The van der Waals surface area contributed by atoms with Crippen molar-refractivity contribution in [1.82, 2.24) is 14.5 Å². The fraction of sp³-hybridized carbons (Fsp3) is 0.400. The lowest BCUT2D eigenvalue weighted by molar-refractivity contribution is 0.265. The number of aromatic nitrogens is 3. The summed E-state index contributed by atoms with van der Waals surface area (Å²) in [6.07, 6.45) is 5.29. The summed E-state index contributed by atoms with van der Waals surface area (Å²) in [5, 5.41) is 9.48. The molecular formula is C15H18N4O2. The van der Waals surface area contributed by atoms with E-state index in [4.69, 9.17) is 0 Å². The van der Waals surface area contributed by atoms with Gasteiger partial charge in [-0.3, -0.25) is 14.3 Å². The number of rotatable bonds is 3. The molecular weight excluding hydrogens is 268 g/mol. The smallest absolute Gasteiger partial charge is 0.255 e. The Morgan fingerprint density at radius 1 is 1.38 bits per heavy atom.